The highest BCUT2D eigenvalue weighted by Crippen LogP contribution is 2.30. The van der Waals surface area contributed by atoms with E-state index in [1.165, 1.54) is 12.4 Å². The van der Waals surface area contributed by atoms with Crippen molar-refractivity contribution in [1.82, 2.24) is 9.97 Å². The Labute approximate surface area is 96.5 Å². The van der Waals surface area contributed by atoms with Gasteiger partial charge in [-0.15, -0.1) is 0 Å². The van der Waals surface area contributed by atoms with Gasteiger partial charge in [0, 0.05) is 0 Å². The van der Waals surface area contributed by atoms with Gasteiger partial charge in [-0.2, -0.15) is 0 Å². The summed E-state index contributed by atoms with van der Waals surface area (Å²) in [6.45, 7) is 0. The fraction of sp³-hybridized carbons (Fsp3) is 0.500. The molecule has 1 N–H and O–H groups in total. The maximum atomic E-state index is 11.5. The van der Waals surface area contributed by atoms with Gasteiger partial charge in [-0.3, -0.25) is 4.72 Å². The Hall–Kier alpha value is -0.690. The van der Waals surface area contributed by atoms with E-state index in [4.69, 9.17) is 0 Å². The van der Waals surface area contributed by atoms with E-state index in [1.807, 2.05) is 0 Å². The van der Waals surface area contributed by atoms with E-state index in [2.05, 4.69) is 30.6 Å². The van der Waals surface area contributed by atoms with E-state index >= 15 is 0 Å². The first-order chi connectivity index (χ1) is 7.05. The molecule has 7 heteroatoms. The van der Waals surface area contributed by atoms with Gasteiger partial charge in [0.1, 0.15) is 4.60 Å². The minimum Gasteiger partial charge on any atom is -0.266 e. The van der Waals surface area contributed by atoms with Crippen LogP contribution in [0.5, 0.6) is 0 Å². The molecule has 0 saturated heterocycles. The lowest BCUT2D eigenvalue weighted by Crippen LogP contribution is -2.18. The number of hydrogen-bond acceptors (Lipinski definition) is 4. The summed E-state index contributed by atoms with van der Waals surface area (Å²) in [5, 5.41) is 0. The third-order valence-electron chi connectivity index (χ3n) is 2.03. The van der Waals surface area contributed by atoms with Crippen LogP contribution in [0.4, 0.5) is 5.82 Å². The molecular formula is C8H10BrN3O2S. The molecule has 1 heterocycles. The minimum absolute atomic E-state index is 0.185. The van der Waals surface area contributed by atoms with Gasteiger partial charge in [0.15, 0.2) is 5.82 Å². The lowest BCUT2D eigenvalue weighted by molar-refractivity contribution is 0.597. The fourth-order valence-electron chi connectivity index (χ4n) is 1.16. The third kappa shape index (κ3) is 3.42. The summed E-state index contributed by atoms with van der Waals surface area (Å²) in [4.78, 5) is 7.78. The summed E-state index contributed by atoms with van der Waals surface area (Å²) >= 11 is 3.12. The molecule has 0 amide bonds. The van der Waals surface area contributed by atoms with Crippen molar-refractivity contribution in [3.8, 4) is 0 Å². The van der Waals surface area contributed by atoms with Crippen molar-refractivity contribution in [3.05, 3.63) is 17.0 Å². The summed E-state index contributed by atoms with van der Waals surface area (Å²) in [6.07, 6.45) is 4.85. The molecule has 0 radical (unpaired) electrons. The van der Waals surface area contributed by atoms with Crippen LogP contribution in [-0.4, -0.2) is 24.1 Å². The van der Waals surface area contributed by atoms with E-state index in [-0.39, 0.29) is 11.6 Å². The van der Waals surface area contributed by atoms with Crippen molar-refractivity contribution in [2.45, 2.75) is 12.8 Å². The van der Waals surface area contributed by atoms with Gasteiger partial charge in [0.05, 0.1) is 18.1 Å². The molecule has 1 saturated carbocycles. The molecule has 0 aromatic carbocycles. The standard InChI is InChI=1S/C8H10BrN3O2S/c9-7-3-11-8(4-10-7)12-15(13,14)5-6-1-2-6/h3-4,6H,1-2,5H2,(H,11,12). The Kier molecular flexibility index (Phi) is 2.92. The van der Waals surface area contributed by atoms with Crippen molar-refractivity contribution < 1.29 is 8.42 Å². The van der Waals surface area contributed by atoms with E-state index in [0.717, 1.165) is 12.8 Å². The van der Waals surface area contributed by atoms with Crippen LogP contribution in [0.2, 0.25) is 0 Å². The van der Waals surface area contributed by atoms with E-state index in [9.17, 15) is 8.42 Å². The lowest BCUT2D eigenvalue weighted by Gasteiger charge is -2.05. The number of hydrogen-bond donors (Lipinski definition) is 1. The molecule has 0 atom stereocenters. The number of halogens is 1. The molecule has 1 aliphatic carbocycles. The second-order valence-electron chi connectivity index (χ2n) is 3.55. The Morgan fingerprint density at radius 1 is 1.40 bits per heavy atom. The normalized spacial score (nSPS) is 16.3. The Morgan fingerprint density at radius 2 is 2.13 bits per heavy atom. The van der Waals surface area contributed by atoms with Gasteiger partial charge in [-0.25, -0.2) is 18.4 Å². The molecule has 0 bridgehead atoms. The van der Waals surface area contributed by atoms with Crippen molar-refractivity contribution in [1.29, 1.82) is 0 Å². The third-order valence-corrected chi connectivity index (χ3v) is 3.87. The zero-order valence-electron chi connectivity index (χ0n) is 7.85. The van der Waals surface area contributed by atoms with Crippen molar-refractivity contribution in [2.75, 3.05) is 10.5 Å². The average Bonchev–Trinajstić information content (AvgIpc) is 2.91. The zero-order valence-corrected chi connectivity index (χ0v) is 10.3. The molecule has 15 heavy (non-hydrogen) atoms. The molecule has 0 aliphatic heterocycles. The van der Waals surface area contributed by atoms with Crippen LogP contribution >= 0.6 is 15.9 Å². The second-order valence-corrected chi connectivity index (χ2v) is 6.13. The molecule has 1 fully saturated rings. The van der Waals surface area contributed by atoms with Gasteiger partial charge in [0.2, 0.25) is 10.0 Å². The molecule has 2 rings (SSSR count). The number of sulfonamides is 1. The minimum atomic E-state index is -3.25. The first kappa shape index (κ1) is 10.8. The molecule has 1 aromatic heterocycles. The van der Waals surface area contributed by atoms with Gasteiger partial charge in [-0.05, 0) is 34.7 Å². The van der Waals surface area contributed by atoms with Crippen LogP contribution in [-0.2, 0) is 10.0 Å². The molecule has 0 unspecified atom stereocenters. The molecule has 82 valence electrons. The van der Waals surface area contributed by atoms with Crippen LogP contribution in [0, 0.1) is 5.92 Å². The van der Waals surface area contributed by atoms with Crippen molar-refractivity contribution in [2.24, 2.45) is 5.92 Å². The molecular weight excluding hydrogens is 282 g/mol. The highest BCUT2D eigenvalue weighted by molar-refractivity contribution is 9.10. The first-order valence-electron chi connectivity index (χ1n) is 4.53. The molecule has 0 spiro atoms. The van der Waals surface area contributed by atoms with Gasteiger partial charge >= 0.3 is 0 Å². The first-order valence-corrected chi connectivity index (χ1v) is 6.98. The topological polar surface area (TPSA) is 72.0 Å². The van der Waals surface area contributed by atoms with Crippen LogP contribution in [0.15, 0.2) is 17.0 Å². The average molecular weight is 292 g/mol. The van der Waals surface area contributed by atoms with Gasteiger partial charge < -0.3 is 0 Å². The zero-order chi connectivity index (χ0) is 10.9. The van der Waals surface area contributed by atoms with Crippen molar-refractivity contribution in [3.63, 3.8) is 0 Å². The summed E-state index contributed by atoms with van der Waals surface area (Å²) in [6, 6.07) is 0. The monoisotopic (exact) mass is 291 g/mol. The molecule has 5 nitrogen and oxygen atoms in total. The molecule has 1 aliphatic rings. The van der Waals surface area contributed by atoms with Gasteiger partial charge in [-0.1, -0.05) is 0 Å². The second kappa shape index (κ2) is 4.05. The number of nitrogens with zero attached hydrogens (tertiary/aromatic N) is 2. The largest absolute Gasteiger partial charge is 0.266 e. The predicted octanol–water partition coefficient (Wildman–Crippen LogP) is 1.39. The smallest absolute Gasteiger partial charge is 0.234 e. The Morgan fingerprint density at radius 3 is 2.67 bits per heavy atom. The van der Waals surface area contributed by atoms with Crippen molar-refractivity contribution >= 4 is 31.8 Å². The SMILES string of the molecule is O=S(=O)(CC1CC1)Nc1cnc(Br)cn1. The summed E-state index contributed by atoms with van der Waals surface area (Å²) < 4.78 is 26.1. The maximum Gasteiger partial charge on any atom is 0.234 e. The number of rotatable bonds is 4. The highest BCUT2D eigenvalue weighted by Gasteiger charge is 2.28. The van der Waals surface area contributed by atoms with Crippen LogP contribution < -0.4 is 4.72 Å². The number of nitrogens with one attached hydrogen (secondary N) is 1. The van der Waals surface area contributed by atoms with Crippen LogP contribution in [0.25, 0.3) is 0 Å². The Balaban J connectivity index is 2.03. The number of aromatic nitrogens is 2. The van der Waals surface area contributed by atoms with E-state index in [1.54, 1.807) is 0 Å². The summed E-state index contributed by atoms with van der Waals surface area (Å²) in [7, 11) is -3.25. The van der Waals surface area contributed by atoms with Crippen LogP contribution in [0.3, 0.4) is 0 Å². The summed E-state index contributed by atoms with van der Waals surface area (Å²) in [5.74, 6) is 0.773. The van der Waals surface area contributed by atoms with E-state index < -0.39 is 10.0 Å². The fourth-order valence-corrected chi connectivity index (χ4v) is 2.83. The molecule has 1 aromatic rings. The number of anilines is 1. The lowest BCUT2D eigenvalue weighted by atomic mass is 10.5. The summed E-state index contributed by atoms with van der Waals surface area (Å²) in [5.41, 5.74) is 0. The predicted molar refractivity (Wildman–Crippen MR) is 59.9 cm³/mol. The highest BCUT2D eigenvalue weighted by atomic mass is 79.9. The van der Waals surface area contributed by atoms with Crippen LogP contribution in [0.1, 0.15) is 12.8 Å². The maximum absolute atomic E-state index is 11.5. The quantitative estimate of drug-likeness (QED) is 0.910. The van der Waals surface area contributed by atoms with E-state index in [0.29, 0.717) is 10.5 Å². The van der Waals surface area contributed by atoms with Gasteiger partial charge in [0.25, 0.3) is 0 Å². The Bertz CT molecular complexity index is 441.